The third kappa shape index (κ3) is 4.67. The van der Waals surface area contributed by atoms with E-state index in [-0.39, 0.29) is 11.9 Å². The smallest absolute Gasteiger partial charge is 0.246 e. The van der Waals surface area contributed by atoms with E-state index in [1.165, 1.54) is 0 Å². The van der Waals surface area contributed by atoms with Crippen LogP contribution in [0.1, 0.15) is 13.8 Å². The average molecular weight is 319 g/mol. The molecular weight excluding hydrogens is 300 g/mol. The number of halogens is 1. The Morgan fingerprint density at radius 1 is 1.18 bits per heavy atom. The van der Waals surface area contributed by atoms with Gasteiger partial charge in [-0.05, 0) is 56.3 Å². The van der Waals surface area contributed by atoms with Crippen LogP contribution in [0.3, 0.4) is 0 Å². The average Bonchev–Trinajstić information content (AvgIpc) is 2.49. The second-order valence-electron chi connectivity index (χ2n) is 4.82. The minimum atomic E-state index is -0.378. The van der Waals surface area contributed by atoms with E-state index in [0.717, 1.165) is 11.4 Å². The van der Waals surface area contributed by atoms with E-state index in [9.17, 15) is 4.79 Å². The zero-order valence-corrected chi connectivity index (χ0v) is 13.4. The number of nitrogens with one attached hydrogen (secondary N) is 2. The van der Waals surface area contributed by atoms with Crippen molar-refractivity contribution in [1.82, 2.24) is 0 Å². The summed E-state index contributed by atoms with van der Waals surface area (Å²) in [6, 6.07) is 14.2. The molecule has 4 nitrogen and oxygen atoms in total. The molecule has 1 atom stereocenters. The second-order valence-corrected chi connectivity index (χ2v) is 5.26. The highest BCUT2D eigenvalue weighted by Gasteiger charge is 2.12. The number of anilines is 2. The fraction of sp³-hybridized carbons (Fsp3) is 0.235. The Labute approximate surface area is 135 Å². The molecule has 2 aromatic rings. The summed E-state index contributed by atoms with van der Waals surface area (Å²) in [5.41, 5.74) is 1.54. The van der Waals surface area contributed by atoms with Crippen LogP contribution in [0.5, 0.6) is 5.75 Å². The van der Waals surface area contributed by atoms with Crippen molar-refractivity contribution in [1.29, 1.82) is 0 Å². The Hall–Kier alpha value is -2.20. The van der Waals surface area contributed by atoms with Gasteiger partial charge < -0.3 is 15.4 Å². The first-order valence-electron chi connectivity index (χ1n) is 7.14. The fourth-order valence-corrected chi connectivity index (χ4v) is 2.14. The van der Waals surface area contributed by atoms with Gasteiger partial charge in [0.2, 0.25) is 5.91 Å². The van der Waals surface area contributed by atoms with Gasteiger partial charge in [0.1, 0.15) is 11.8 Å². The number of benzene rings is 2. The van der Waals surface area contributed by atoms with Crippen LogP contribution in [0.2, 0.25) is 5.02 Å². The number of amides is 1. The lowest BCUT2D eigenvalue weighted by Gasteiger charge is -2.15. The van der Waals surface area contributed by atoms with Gasteiger partial charge in [-0.3, -0.25) is 4.79 Å². The molecule has 0 aliphatic carbocycles. The molecule has 0 spiro atoms. The van der Waals surface area contributed by atoms with Crippen LogP contribution in [-0.2, 0) is 4.79 Å². The zero-order valence-electron chi connectivity index (χ0n) is 12.6. The van der Waals surface area contributed by atoms with Gasteiger partial charge >= 0.3 is 0 Å². The molecule has 0 aliphatic rings. The third-order valence-corrected chi connectivity index (χ3v) is 3.27. The number of hydrogen-bond donors (Lipinski definition) is 2. The van der Waals surface area contributed by atoms with Crippen LogP contribution in [0.15, 0.2) is 48.5 Å². The van der Waals surface area contributed by atoms with Crippen LogP contribution < -0.4 is 15.4 Å². The number of rotatable bonds is 6. The van der Waals surface area contributed by atoms with Gasteiger partial charge in [-0.2, -0.15) is 0 Å². The summed E-state index contributed by atoms with van der Waals surface area (Å²) in [5, 5.41) is 6.56. The molecule has 0 heterocycles. The molecule has 5 heteroatoms. The lowest BCUT2D eigenvalue weighted by atomic mass is 10.2. The lowest BCUT2D eigenvalue weighted by Crippen LogP contribution is -2.31. The van der Waals surface area contributed by atoms with Crippen molar-refractivity contribution >= 4 is 28.9 Å². The Balaban J connectivity index is 1.93. The summed E-state index contributed by atoms with van der Waals surface area (Å²) in [7, 11) is 0. The molecule has 2 N–H and O–H groups in total. The van der Waals surface area contributed by atoms with Crippen molar-refractivity contribution in [3.05, 3.63) is 53.6 Å². The minimum absolute atomic E-state index is 0.129. The van der Waals surface area contributed by atoms with Gasteiger partial charge in [0.15, 0.2) is 0 Å². The predicted octanol–water partition coefficient (Wildman–Crippen LogP) is 4.18. The Morgan fingerprint density at radius 2 is 1.91 bits per heavy atom. The van der Waals surface area contributed by atoms with Gasteiger partial charge in [-0.25, -0.2) is 0 Å². The van der Waals surface area contributed by atoms with Crippen LogP contribution >= 0.6 is 11.6 Å². The van der Waals surface area contributed by atoms with Crippen molar-refractivity contribution in [3.63, 3.8) is 0 Å². The van der Waals surface area contributed by atoms with E-state index in [2.05, 4.69) is 10.6 Å². The minimum Gasteiger partial charge on any atom is -0.494 e. The van der Waals surface area contributed by atoms with Gasteiger partial charge in [0.25, 0.3) is 0 Å². The van der Waals surface area contributed by atoms with Gasteiger partial charge in [0.05, 0.1) is 6.61 Å². The van der Waals surface area contributed by atoms with Gasteiger partial charge in [-0.15, -0.1) is 0 Å². The Morgan fingerprint density at radius 3 is 2.55 bits per heavy atom. The Bertz CT molecular complexity index is 629. The molecule has 22 heavy (non-hydrogen) atoms. The van der Waals surface area contributed by atoms with Crippen molar-refractivity contribution in [2.75, 3.05) is 17.2 Å². The van der Waals surface area contributed by atoms with E-state index in [1.54, 1.807) is 31.2 Å². The maximum absolute atomic E-state index is 12.2. The largest absolute Gasteiger partial charge is 0.494 e. The molecule has 2 rings (SSSR count). The molecule has 116 valence electrons. The molecule has 2 aromatic carbocycles. The first kappa shape index (κ1) is 16.2. The first-order chi connectivity index (χ1) is 10.6. The van der Waals surface area contributed by atoms with E-state index in [0.29, 0.717) is 17.3 Å². The van der Waals surface area contributed by atoms with E-state index in [1.807, 2.05) is 31.2 Å². The van der Waals surface area contributed by atoms with E-state index < -0.39 is 0 Å². The number of ether oxygens (including phenoxy) is 1. The standard InChI is InChI=1S/C17H19ClN2O2/c1-3-22-16-9-7-14(8-10-16)19-12(2)17(21)20-15-6-4-5-13(18)11-15/h4-12,19H,3H2,1-2H3,(H,20,21)/t12-/m0/s1. The molecule has 0 aliphatic heterocycles. The van der Waals surface area contributed by atoms with Crippen LogP contribution in [0.4, 0.5) is 11.4 Å². The highest BCUT2D eigenvalue weighted by Crippen LogP contribution is 2.18. The third-order valence-electron chi connectivity index (χ3n) is 3.03. The highest BCUT2D eigenvalue weighted by atomic mass is 35.5. The van der Waals surface area contributed by atoms with Crippen molar-refractivity contribution < 1.29 is 9.53 Å². The van der Waals surface area contributed by atoms with Crippen molar-refractivity contribution in [2.45, 2.75) is 19.9 Å². The predicted molar refractivity (Wildman–Crippen MR) is 90.8 cm³/mol. The maximum atomic E-state index is 12.2. The van der Waals surface area contributed by atoms with Crippen LogP contribution in [0, 0.1) is 0 Å². The zero-order chi connectivity index (χ0) is 15.9. The number of carbonyl (C=O) groups is 1. The van der Waals surface area contributed by atoms with Gasteiger partial charge in [-0.1, -0.05) is 17.7 Å². The van der Waals surface area contributed by atoms with Crippen LogP contribution in [-0.4, -0.2) is 18.6 Å². The summed E-state index contributed by atoms with van der Waals surface area (Å²) in [6.07, 6.45) is 0. The monoisotopic (exact) mass is 318 g/mol. The molecule has 0 bridgehead atoms. The summed E-state index contributed by atoms with van der Waals surface area (Å²) in [5.74, 6) is 0.681. The normalized spacial score (nSPS) is 11.6. The summed E-state index contributed by atoms with van der Waals surface area (Å²) >= 11 is 5.90. The van der Waals surface area contributed by atoms with Crippen molar-refractivity contribution in [3.8, 4) is 5.75 Å². The van der Waals surface area contributed by atoms with Crippen molar-refractivity contribution in [2.24, 2.45) is 0 Å². The topological polar surface area (TPSA) is 50.4 Å². The Kier molecular flexibility index (Phi) is 5.67. The molecule has 0 radical (unpaired) electrons. The van der Waals surface area contributed by atoms with Crippen LogP contribution in [0.25, 0.3) is 0 Å². The first-order valence-corrected chi connectivity index (χ1v) is 7.52. The molecule has 0 saturated heterocycles. The SMILES string of the molecule is CCOc1ccc(N[C@@H](C)C(=O)Nc2cccc(Cl)c2)cc1. The maximum Gasteiger partial charge on any atom is 0.246 e. The molecule has 0 fully saturated rings. The second kappa shape index (κ2) is 7.71. The quantitative estimate of drug-likeness (QED) is 0.840. The molecule has 0 aromatic heterocycles. The fourth-order valence-electron chi connectivity index (χ4n) is 1.95. The molecule has 1 amide bonds. The van der Waals surface area contributed by atoms with E-state index >= 15 is 0 Å². The van der Waals surface area contributed by atoms with Gasteiger partial charge in [0, 0.05) is 16.4 Å². The molecular formula is C17H19ClN2O2. The number of hydrogen-bond acceptors (Lipinski definition) is 3. The van der Waals surface area contributed by atoms with E-state index in [4.69, 9.17) is 16.3 Å². The number of carbonyl (C=O) groups excluding carboxylic acids is 1. The lowest BCUT2D eigenvalue weighted by molar-refractivity contribution is -0.116. The molecule has 0 unspecified atom stereocenters. The molecule has 0 saturated carbocycles. The summed E-state index contributed by atoms with van der Waals surface area (Å²) in [4.78, 5) is 12.2. The summed E-state index contributed by atoms with van der Waals surface area (Å²) < 4.78 is 5.38. The highest BCUT2D eigenvalue weighted by molar-refractivity contribution is 6.30. The summed E-state index contributed by atoms with van der Waals surface area (Å²) in [6.45, 7) is 4.37.